The Kier molecular flexibility index (Phi) is 1.38. The topological polar surface area (TPSA) is 24.4 Å². The summed E-state index contributed by atoms with van der Waals surface area (Å²) in [4.78, 5) is 3.45. The van der Waals surface area contributed by atoms with E-state index in [1.165, 1.54) is 0 Å². The lowest BCUT2D eigenvalue weighted by atomic mass is 10.0. The van der Waals surface area contributed by atoms with E-state index in [9.17, 15) is 13.2 Å². The summed E-state index contributed by atoms with van der Waals surface area (Å²) in [6.07, 6.45) is -3.13. The number of hydrogen-bond acceptors (Lipinski definition) is 2. The predicted octanol–water partition coefficient (Wildman–Crippen LogP) is 0.939. The second kappa shape index (κ2) is 1.87. The molecule has 1 unspecified atom stereocenters. The number of rotatable bonds is 0. The molecule has 1 rings (SSSR count). The molecule has 5 heteroatoms. The van der Waals surface area contributed by atoms with Crippen LogP contribution in [0.2, 0.25) is 0 Å². The molecule has 10 heavy (non-hydrogen) atoms. The number of nitrogens with one attached hydrogen (secondary N) is 1. The third kappa shape index (κ3) is 0.955. The van der Waals surface area contributed by atoms with Gasteiger partial charge in [-0.3, -0.25) is 4.99 Å². The molecule has 0 amide bonds. The lowest BCUT2D eigenvalue weighted by molar-refractivity contribution is -0.181. The molecule has 1 aliphatic rings. The van der Waals surface area contributed by atoms with Gasteiger partial charge < -0.3 is 5.32 Å². The molecule has 0 aromatic rings. The molecule has 58 valence electrons. The van der Waals surface area contributed by atoms with E-state index in [2.05, 4.69) is 10.3 Å². The third-order valence-electron chi connectivity index (χ3n) is 1.51. The summed E-state index contributed by atoms with van der Waals surface area (Å²) >= 11 is 0. The van der Waals surface area contributed by atoms with Gasteiger partial charge in [-0.05, 0) is 6.92 Å². The maximum absolute atomic E-state index is 12.0. The van der Waals surface area contributed by atoms with Crippen molar-refractivity contribution in [2.45, 2.75) is 18.6 Å². The van der Waals surface area contributed by atoms with Gasteiger partial charge in [0.1, 0.15) is 0 Å². The van der Waals surface area contributed by atoms with Crippen LogP contribution in [0.5, 0.6) is 0 Å². The summed E-state index contributed by atoms with van der Waals surface area (Å²) < 4.78 is 36.0. The molecule has 1 heterocycles. The van der Waals surface area contributed by atoms with Gasteiger partial charge in [0.15, 0.2) is 5.54 Å². The Labute approximate surface area is 56.1 Å². The van der Waals surface area contributed by atoms with Crippen LogP contribution >= 0.6 is 0 Å². The van der Waals surface area contributed by atoms with Gasteiger partial charge in [-0.15, -0.1) is 0 Å². The monoisotopic (exact) mass is 152 g/mol. The number of aliphatic imine (C=N–C) groups is 1. The molecule has 2 nitrogen and oxygen atoms in total. The molecule has 0 aliphatic carbocycles. The van der Waals surface area contributed by atoms with Gasteiger partial charge in [0.05, 0.1) is 12.9 Å². The van der Waals surface area contributed by atoms with Crippen LogP contribution in [0, 0.1) is 0 Å². The highest BCUT2D eigenvalue weighted by molar-refractivity contribution is 5.59. The maximum Gasteiger partial charge on any atom is 0.412 e. The first-order chi connectivity index (χ1) is 4.46. The van der Waals surface area contributed by atoms with Crippen LogP contribution in [-0.2, 0) is 0 Å². The Hall–Kier alpha value is -0.740. The zero-order valence-corrected chi connectivity index (χ0v) is 5.37. The smallest absolute Gasteiger partial charge is 0.361 e. The fraction of sp³-hybridized carbons (Fsp3) is 0.800. The Balaban J connectivity index is 2.71. The molecule has 1 N–H and O–H groups in total. The van der Waals surface area contributed by atoms with Gasteiger partial charge in [0.2, 0.25) is 0 Å². The number of halogens is 3. The van der Waals surface area contributed by atoms with Crippen LogP contribution < -0.4 is 5.32 Å². The van der Waals surface area contributed by atoms with E-state index >= 15 is 0 Å². The minimum Gasteiger partial charge on any atom is -0.361 e. The molecule has 0 spiro atoms. The van der Waals surface area contributed by atoms with Crippen LogP contribution in [0.1, 0.15) is 6.92 Å². The molecular weight excluding hydrogens is 145 g/mol. The fourth-order valence-corrected chi connectivity index (χ4v) is 0.633. The normalized spacial score (nSPS) is 32.4. The van der Waals surface area contributed by atoms with Crippen LogP contribution in [0.25, 0.3) is 0 Å². The van der Waals surface area contributed by atoms with Gasteiger partial charge in [-0.2, -0.15) is 13.2 Å². The van der Waals surface area contributed by atoms with Crippen LogP contribution in [0.4, 0.5) is 13.2 Å². The maximum atomic E-state index is 12.0. The van der Waals surface area contributed by atoms with Crippen molar-refractivity contribution in [2.75, 3.05) is 6.54 Å². The summed E-state index contributed by atoms with van der Waals surface area (Å²) in [6, 6.07) is 0. The molecule has 0 fully saturated rings. The van der Waals surface area contributed by atoms with Crippen molar-refractivity contribution in [3.63, 3.8) is 0 Å². The van der Waals surface area contributed by atoms with Crippen molar-refractivity contribution in [1.29, 1.82) is 0 Å². The summed E-state index contributed by atoms with van der Waals surface area (Å²) in [5.41, 5.74) is -1.84. The van der Waals surface area contributed by atoms with Crippen molar-refractivity contribution in [2.24, 2.45) is 4.99 Å². The molecule has 1 aliphatic heterocycles. The highest BCUT2D eigenvalue weighted by Crippen LogP contribution is 2.31. The van der Waals surface area contributed by atoms with E-state index < -0.39 is 11.7 Å². The van der Waals surface area contributed by atoms with E-state index in [-0.39, 0.29) is 6.54 Å². The summed E-state index contributed by atoms with van der Waals surface area (Å²) in [7, 11) is 0. The van der Waals surface area contributed by atoms with E-state index in [1.54, 1.807) is 0 Å². The van der Waals surface area contributed by atoms with Crippen molar-refractivity contribution >= 4 is 6.34 Å². The lowest BCUT2D eigenvalue weighted by Crippen LogP contribution is -2.53. The molecule has 0 radical (unpaired) electrons. The molecule has 0 bridgehead atoms. The number of alkyl halides is 3. The SMILES string of the molecule is CC1(C(F)(F)F)CN=CN1. The second-order valence-corrected chi connectivity index (χ2v) is 2.44. The zero-order chi connectivity index (χ0) is 7.83. The van der Waals surface area contributed by atoms with Gasteiger partial charge in [0.25, 0.3) is 0 Å². The largest absolute Gasteiger partial charge is 0.412 e. The average Bonchev–Trinajstić information content (AvgIpc) is 2.13. The third-order valence-corrected chi connectivity index (χ3v) is 1.51. The summed E-state index contributed by atoms with van der Waals surface area (Å²) in [5.74, 6) is 0. The van der Waals surface area contributed by atoms with E-state index in [0.717, 1.165) is 13.3 Å². The number of hydrogen-bond donors (Lipinski definition) is 1. The van der Waals surface area contributed by atoms with Gasteiger partial charge in [-0.25, -0.2) is 0 Å². The van der Waals surface area contributed by atoms with Crippen LogP contribution in [0.3, 0.4) is 0 Å². The average molecular weight is 152 g/mol. The van der Waals surface area contributed by atoms with Gasteiger partial charge >= 0.3 is 6.18 Å². The molecular formula is C5H7F3N2. The molecule has 1 atom stereocenters. The zero-order valence-electron chi connectivity index (χ0n) is 5.37. The first-order valence-corrected chi connectivity index (χ1v) is 2.78. The summed E-state index contributed by atoms with van der Waals surface area (Å²) in [6.45, 7) is 0.858. The molecule has 0 saturated heterocycles. The van der Waals surface area contributed by atoms with Crippen molar-refractivity contribution in [3.05, 3.63) is 0 Å². The van der Waals surface area contributed by atoms with Crippen molar-refractivity contribution in [3.8, 4) is 0 Å². The predicted molar refractivity (Wildman–Crippen MR) is 31.0 cm³/mol. The Morgan fingerprint density at radius 2 is 2.20 bits per heavy atom. The van der Waals surface area contributed by atoms with Gasteiger partial charge in [0, 0.05) is 0 Å². The molecule has 0 aromatic carbocycles. The minimum atomic E-state index is -4.22. The van der Waals surface area contributed by atoms with E-state index in [0.29, 0.717) is 0 Å². The van der Waals surface area contributed by atoms with Crippen LogP contribution in [0.15, 0.2) is 4.99 Å². The molecule has 0 aromatic heterocycles. The first-order valence-electron chi connectivity index (χ1n) is 2.78. The standard InChI is InChI=1S/C5H7F3N2/c1-4(5(6,7)8)2-9-3-10-4/h3H,2H2,1H3,(H,9,10). The first kappa shape index (κ1) is 7.37. The van der Waals surface area contributed by atoms with Crippen LogP contribution in [-0.4, -0.2) is 24.6 Å². The van der Waals surface area contributed by atoms with Gasteiger partial charge in [-0.1, -0.05) is 0 Å². The number of nitrogens with zero attached hydrogens (tertiary/aromatic N) is 1. The van der Waals surface area contributed by atoms with Crippen molar-refractivity contribution in [1.82, 2.24) is 5.32 Å². The lowest BCUT2D eigenvalue weighted by Gasteiger charge is -2.26. The minimum absolute atomic E-state index is 0.226. The Morgan fingerprint density at radius 3 is 2.40 bits per heavy atom. The van der Waals surface area contributed by atoms with Crippen molar-refractivity contribution < 1.29 is 13.2 Å². The fourth-order valence-electron chi connectivity index (χ4n) is 0.633. The van der Waals surface area contributed by atoms with E-state index in [1.807, 2.05) is 0 Å². The van der Waals surface area contributed by atoms with E-state index in [4.69, 9.17) is 0 Å². The summed E-state index contributed by atoms with van der Waals surface area (Å²) in [5, 5.41) is 2.16. The highest BCUT2D eigenvalue weighted by Gasteiger charge is 2.52. The Morgan fingerprint density at radius 1 is 1.60 bits per heavy atom. The Bertz CT molecular complexity index is 153. The highest BCUT2D eigenvalue weighted by atomic mass is 19.4. The molecule has 0 saturated carbocycles. The second-order valence-electron chi connectivity index (χ2n) is 2.44. The quantitative estimate of drug-likeness (QED) is 0.548.